The van der Waals surface area contributed by atoms with E-state index in [1.165, 1.54) is 11.1 Å². The molecule has 0 aliphatic carbocycles. The number of benzene rings is 7. The molecule has 0 amide bonds. The van der Waals surface area contributed by atoms with Crippen molar-refractivity contribution < 1.29 is 4.42 Å². The van der Waals surface area contributed by atoms with Crippen molar-refractivity contribution in [3.05, 3.63) is 164 Å². The van der Waals surface area contributed by atoms with Gasteiger partial charge in [-0.1, -0.05) is 133 Å². The fourth-order valence-electron chi connectivity index (χ4n) is 7.14. The van der Waals surface area contributed by atoms with Gasteiger partial charge in [-0.05, 0) is 52.6 Å². The molecule has 0 atom stereocenters. The highest BCUT2D eigenvalue weighted by atomic mass is 16.3. The van der Waals surface area contributed by atoms with Crippen LogP contribution in [0.15, 0.2) is 168 Å². The standard InChI is InChI=1S/C44H27N3O/c1-3-11-28(12-4-1)30-19-21-31(22-20-30)42-35-16-7-9-17-37(35)45-44(46-42)47-38-26-25-34-33-15-8-10-18-40(33)48-43(34)41(38)36-24-23-32(27-39(36)47)29-13-5-2-6-14-29/h1-27H. The van der Waals surface area contributed by atoms with Crippen LogP contribution in [0.1, 0.15) is 0 Å². The van der Waals surface area contributed by atoms with Crippen LogP contribution in [0.4, 0.5) is 0 Å². The second kappa shape index (κ2) is 10.5. The van der Waals surface area contributed by atoms with Gasteiger partial charge >= 0.3 is 0 Å². The fraction of sp³-hybridized carbons (Fsp3) is 0. The second-order valence-electron chi connectivity index (χ2n) is 12.2. The molecule has 0 radical (unpaired) electrons. The van der Waals surface area contributed by atoms with Crippen LogP contribution < -0.4 is 0 Å². The first kappa shape index (κ1) is 26.7. The Morgan fingerprint density at radius 3 is 1.81 bits per heavy atom. The first-order valence-electron chi connectivity index (χ1n) is 16.2. The number of para-hydroxylation sites is 2. The molecule has 3 aromatic heterocycles. The molecule has 224 valence electrons. The third-order valence-electron chi connectivity index (χ3n) is 9.44. The minimum atomic E-state index is 0.622. The maximum atomic E-state index is 6.59. The lowest BCUT2D eigenvalue weighted by Gasteiger charge is -2.12. The van der Waals surface area contributed by atoms with Gasteiger partial charge in [0.1, 0.15) is 11.2 Å². The van der Waals surface area contributed by atoms with E-state index in [9.17, 15) is 0 Å². The van der Waals surface area contributed by atoms with Gasteiger partial charge in [0, 0.05) is 27.1 Å². The van der Waals surface area contributed by atoms with Gasteiger partial charge < -0.3 is 4.42 Å². The van der Waals surface area contributed by atoms with Crippen molar-refractivity contribution in [2.75, 3.05) is 0 Å². The van der Waals surface area contributed by atoms with Crippen molar-refractivity contribution >= 4 is 54.6 Å². The van der Waals surface area contributed by atoms with Gasteiger partial charge in [0.05, 0.1) is 27.6 Å². The average Bonchev–Trinajstić information content (AvgIpc) is 3.70. The van der Waals surface area contributed by atoms with Crippen molar-refractivity contribution in [1.29, 1.82) is 0 Å². The zero-order chi connectivity index (χ0) is 31.6. The molecule has 0 N–H and O–H groups in total. The number of rotatable bonds is 4. The van der Waals surface area contributed by atoms with Gasteiger partial charge in [-0.25, -0.2) is 9.97 Å². The van der Waals surface area contributed by atoms with Crippen LogP contribution in [0.5, 0.6) is 0 Å². The highest BCUT2D eigenvalue weighted by Crippen LogP contribution is 2.42. The summed E-state index contributed by atoms with van der Waals surface area (Å²) in [5, 5.41) is 5.38. The Kier molecular flexibility index (Phi) is 5.84. The number of aromatic nitrogens is 3. The summed E-state index contributed by atoms with van der Waals surface area (Å²) in [6, 6.07) is 57.2. The molecule has 3 heterocycles. The van der Waals surface area contributed by atoms with E-state index in [-0.39, 0.29) is 0 Å². The second-order valence-corrected chi connectivity index (χ2v) is 12.2. The van der Waals surface area contributed by atoms with Gasteiger partial charge in [0.15, 0.2) is 0 Å². The van der Waals surface area contributed by atoms with Crippen molar-refractivity contribution in [2.24, 2.45) is 0 Å². The number of fused-ring (bicyclic) bond motifs is 8. The average molecular weight is 614 g/mol. The quantitative estimate of drug-likeness (QED) is 0.198. The monoisotopic (exact) mass is 613 g/mol. The lowest BCUT2D eigenvalue weighted by atomic mass is 10.0. The van der Waals surface area contributed by atoms with Gasteiger partial charge in [-0.3, -0.25) is 4.57 Å². The predicted octanol–water partition coefficient (Wildman–Crippen LogP) is 11.6. The molecule has 0 fully saturated rings. The zero-order valence-corrected chi connectivity index (χ0v) is 25.8. The van der Waals surface area contributed by atoms with E-state index in [1.807, 2.05) is 30.3 Å². The number of furan rings is 1. The lowest BCUT2D eigenvalue weighted by Crippen LogP contribution is -2.03. The molecule has 0 unspecified atom stereocenters. The zero-order valence-electron chi connectivity index (χ0n) is 25.8. The Hall–Kier alpha value is -6.52. The summed E-state index contributed by atoms with van der Waals surface area (Å²) in [4.78, 5) is 10.6. The summed E-state index contributed by atoms with van der Waals surface area (Å²) >= 11 is 0. The Balaban J connectivity index is 1.27. The highest BCUT2D eigenvalue weighted by Gasteiger charge is 2.21. The molecule has 0 aliphatic heterocycles. The summed E-state index contributed by atoms with van der Waals surface area (Å²) < 4.78 is 8.80. The van der Waals surface area contributed by atoms with Crippen LogP contribution >= 0.6 is 0 Å². The van der Waals surface area contributed by atoms with Crippen LogP contribution in [-0.2, 0) is 0 Å². The summed E-state index contributed by atoms with van der Waals surface area (Å²) in [6.07, 6.45) is 0. The topological polar surface area (TPSA) is 43.9 Å². The summed E-state index contributed by atoms with van der Waals surface area (Å²) in [5.74, 6) is 0.622. The van der Waals surface area contributed by atoms with Gasteiger partial charge in [0.25, 0.3) is 0 Å². The van der Waals surface area contributed by atoms with E-state index in [1.54, 1.807) is 0 Å². The summed E-state index contributed by atoms with van der Waals surface area (Å²) in [7, 11) is 0. The largest absolute Gasteiger partial charge is 0.455 e. The molecule has 4 heteroatoms. The molecule has 0 bridgehead atoms. The SMILES string of the molecule is c1ccc(-c2ccc(-c3nc(-n4c5cc(-c6ccccc6)ccc5c5c6oc7ccccc7c6ccc54)nc4ccccc34)cc2)cc1. The van der Waals surface area contributed by atoms with Crippen LogP contribution in [0, 0.1) is 0 Å². The number of hydrogen-bond donors (Lipinski definition) is 0. The molecule has 48 heavy (non-hydrogen) atoms. The van der Waals surface area contributed by atoms with Gasteiger partial charge in [-0.15, -0.1) is 0 Å². The van der Waals surface area contributed by atoms with Gasteiger partial charge in [-0.2, -0.15) is 0 Å². The number of nitrogens with zero attached hydrogens (tertiary/aromatic N) is 3. The number of hydrogen-bond acceptors (Lipinski definition) is 3. The van der Waals surface area contributed by atoms with E-state index in [4.69, 9.17) is 14.4 Å². The van der Waals surface area contributed by atoms with E-state index in [0.29, 0.717) is 5.95 Å². The molecule has 10 aromatic rings. The maximum absolute atomic E-state index is 6.59. The molecular formula is C44H27N3O. The lowest BCUT2D eigenvalue weighted by molar-refractivity contribution is 0.673. The molecular weight excluding hydrogens is 587 g/mol. The van der Waals surface area contributed by atoms with Crippen LogP contribution in [-0.4, -0.2) is 14.5 Å². The van der Waals surface area contributed by atoms with Crippen molar-refractivity contribution in [1.82, 2.24) is 14.5 Å². The molecule has 7 aromatic carbocycles. The van der Waals surface area contributed by atoms with Crippen molar-refractivity contribution in [3.63, 3.8) is 0 Å². The molecule has 0 spiro atoms. The Bertz CT molecular complexity index is 2810. The van der Waals surface area contributed by atoms with Crippen LogP contribution in [0.2, 0.25) is 0 Å². The molecule has 10 rings (SSSR count). The normalized spacial score (nSPS) is 11.8. The highest BCUT2D eigenvalue weighted by molar-refractivity contribution is 6.24. The first-order chi connectivity index (χ1) is 23.8. The molecule has 0 saturated carbocycles. The first-order valence-corrected chi connectivity index (χ1v) is 16.2. The van der Waals surface area contributed by atoms with Crippen LogP contribution in [0.3, 0.4) is 0 Å². The van der Waals surface area contributed by atoms with E-state index < -0.39 is 0 Å². The van der Waals surface area contributed by atoms with E-state index >= 15 is 0 Å². The summed E-state index contributed by atoms with van der Waals surface area (Å²) in [5.41, 5.74) is 11.3. The third-order valence-corrected chi connectivity index (χ3v) is 9.44. The molecule has 4 nitrogen and oxygen atoms in total. The summed E-state index contributed by atoms with van der Waals surface area (Å²) in [6.45, 7) is 0. The third kappa shape index (κ3) is 4.10. The minimum Gasteiger partial charge on any atom is -0.455 e. The maximum Gasteiger partial charge on any atom is 0.235 e. The Morgan fingerprint density at radius 1 is 0.417 bits per heavy atom. The molecule has 0 saturated heterocycles. The fourth-order valence-corrected chi connectivity index (χ4v) is 7.14. The van der Waals surface area contributed by atoms with Gasteiger partial charge in [0.2, 0.25) is 5.95 Å². The van der Waals surface area contributed by atoms with E-state index in [0.717, 1.165) is 77.0 Å². The Labute approximate surface area is 276 Å². The minimum absolute atomic E-state index is 0.622. The Morgan fingerprint density at radius 2 is 1.02 bits per heavy atom. The van der Waals surface area contributed by atoms with Crippen molar-refractivity contribution in [2.45, 2.75) is 0 Å². The molecule has 0 aliphatic rings. The van der Waals surface area contributed by atoms with Crippen molar-refractivity contribution in [3.8, 4) is 39.5 Å². The van der Waals surface area contributed by atoms with E-state index in [2.05, 4.69) is 138 Å². The smallest absolute Gasteiger partial charge is 0.235 e. The van der Waals surface area contributed by atoms with Crippen LogP contribution in [0.25, 0.3) is 94.1 Å². The predicted molar refractivity (Wildman–Crippen MR) is 197 cm³/mol.